The fourth-order valence-electron chi connectivity index (χ4n) is 1.77. The van der Waals surface area contributed by atoms with Gasteiger partial charge in [0.2, 0.25) is 0 Å². The summed E-state index contributed by atoms with van der Waals surface area (Å²) < 4.78 is 5.10. The lowest BCUT2D eigenvalue weighted by Gasteiger charge is -2.17. The lowest BCUT2D eigenvalue weighted by Crippen LogP contribution is -2.23. The molecule has 0 aliphatic heterocycles. The topological polar surface area (TPSA) is 41.5 Å². The van der Waals surface area contributed by atoms with Gasteiger partial charge in [0.05, 0.1) is 13.7 Å². The minimum Gasteiger partial charge on any atom is -0.497 e. The molecule has 3 heteroatoms. The molecule has 0 heterocycles. The maximum absolute atomic E-state index is 9.30. The fourth-order valence-corrected chi connectivity index (χ4v) is 1.77. The molecule has 0 radical (unpaired) electrons. The van der Waals surface area contributed by atoms with Crippen LogP contribution in [0.1, 0.15) is 32.6 Å². The summed E-state index contributed by atoms with van der Waals surface area (Å²) in [5.74, 6) is 0.849. The smallest absolute Gasteiger partial charge is 0.119 e. The first-order valence-corrected chi connectivity index (χ1v) is 6.31. The van der Waals surface area contributed by atoms with Crippen LogP contribution in [-0.4, -0.2) is 24.9 Å². The minimum absolute atomic E-state index is 0.148. The Labute approximate surface area is 104 Å². The summed E-state index contributed by atoms with van der Waals surface area (Å²) in [6.07, 6.45) is 4.60. The van der Waals surface area contributed by atoms with E-state index in [9.17, 15) is 5.11 Å². The van der Waals surface area contributed by atoms with Crippen molar-refractivity contribution in [3.63, 3.8) is 0 Å². The molecule has 0 fully saturated rings. The maximum atomic E-state index is 9.30. The molecule has 1 atom stereocenters. The van der Waals surface area contributed by atoms with E-state index >= 15 is 0 Å². The van der Waals surface area contributed by atoms with Gasteiger partial charge in [0.15, 0.2) is 0 Å². The summed E-state index contributed by atoms with van der Waals surface area (Å²) in [6, 6.07) is 7.93. The molecule has 96 valence electrons. The number of rotatable bonds is 8. The number of unbranched alkanes of at least 4 members (excludes halogenated alkanes) is 2. The van der Waals surface area contributed by atoms with Crippen molar-refractivity contribution in [2.75, 3.05) is 19.0 Å². The van der Waals surface area contributed by atoms with Crippen molar-refractivity contribution >= 4 is 5.69 Å². The van der Waals surface area contributed by atoms with Gasteiger partial charge in [0.25, 0.3) is 0 Å². The average molecular weight is 237 g/mol. The van der Waals surface area contributed by atoms with Crippen LogP contribution in [0, 0.1) is 0 Å². The summed E-state index contributed by atoms with van der Waals surface area (Å²) >= 11 is 0. The monoisotopic (exact) mass is 237 g/mol. The van der Waals surface area contributed by atoms with Crippen LogP contribution in [0.25, 0.3) is 0 Å². The van der Waals surface area contributed by atoms with Gasteiger partial charge >= 0.3 is 0 Å². The van der Waals surface area contributed by atoms with Crippen LogP contribution in [0.15, 0.2) is 24.3 Å². The first-order chi connectivity index (χ1) is 8.30. The zero-order chi connectivity index (χ0) is 12.5. The third kappa shape index (κ3) is 5.09. The highest BCUT2D eigenvalue weighted by molar-refractivity contribution is 5.47. The molecule has 1 aromatic carbocycles. The van der Waals surface area contributed by atoms with Gasteiger partial charge in [-0.25, -0.2) is 0 Å². The number of anilines is 1. The molecule has 0 bridgehead atoms. The predicted molar refractivity (Wildman–Crippen MR) is 71.6 cm³/mol. The van der Waals surface area contributed by atoms with E-state index in [1.807, 2.05) is 24.3 Å². The summed E-state index contributed by atoms with van der Waals surface area (Å²) in [5, 5.41) is 12.6. The molecule has 0 saturated carbocycles. The second-order valence-corrected chi connectivity index (χ2v) is 4.25. The molecule has 2 N–H and O–H groups in total. The van der Waals surface area contributed by atoms with Crippen molar-refractivity contribution in [3.05, 3.63) is 24.3 Å². The molecule has 0 amide bonds. The Bertz CT molecular complexity index is 298. The highest BCUT2D eigenvalue weighted by atomic mass is 16.5. The van der Waals surface area contributed by atoms with E-state index in [0.717, 1.165) is 24.3 Å². The maximum Gasteiger partial charge on any atom is 0.119 e. The Hall–Kier alpha value is -1.22. The van der Waals surface area contributed by atoms with Gasteiger partial charge in [-0.15, -0.1) is 0 Å². The van der Waals surface area contributed by atoms with Gasteiger partial charge in [-0.2, -0.15) is 0 Å². The number of ether oxygens (including phenoxy) is 1. The summed E-state index contributed by atoms with van der Waals surface area (Å²) in [6.45, 7) is 2.36. The number of nitrogens with one attached hydrogen (secondary N) is 1. The molecule has 0 aromatic heterocycles. The molecule has 0 aliphatic rings. The predicted octanol–water partition coefficient (Wildman–Crippen LogP) is 3.05. The quantitative estimate of drug-likeness (QED) is 0.683. The molecule has 3 nitrogen and oxygen atoms in total. The Kier molecular flexibility index (Phi) is 6.48. The number of benzene rings is 1. The third-order valence-electron chi connectivity index (χ3n) is 2.84. The van der Waals surface area contributed by atoms with Crippen molar-refractivity contribution in [3.8, 4) is 5.75 Å². The van der Waals surface area contributed by atoms with E-state index in [1.165, 1.54) is 12.8 Å². The lowest BCUT2D eigenvalue weighted by molar-refractivity contribution is 0.266. The van der Waals surface area contributed by atoms with Crippen molar-refractivity contribution in [1.82, 2.24) is 0 Å². The third-order valence-corrected chi connectivity index (χ3v) is 2.84. The van der Waals surface area contributed by atoms with E-state index in [4.69, 9.17) is 4.74 Å². The summed E-state index contributed by atoms with van der Waals surface area (Å²) in [7, 11) is 1.66. The Balaban J connectivity index is 2.43. The largest absolute Gasteiger partial charge is 0.497 e. The number of aliphatic hydroxyl groups is 1. The molecule has 0 aliphatic carbocycles. The molecular weight excluding hydrogens is 214 g/mol. The van der Waals surface area contributed by atoms with Crippen molar-refractivity contribution in [1.29, 1.82) is 0 Å². The zero-order valence-electron chi connectivity index (χ0n) is 10.8. The molecule has 1 unspecified atom stereocenters. The molecule has 1 rings (SSSR count). The van der Waals surface area contributed by atoms with E-state index in [-0.39, 0.29) is 12.6 Å². The first-order valence-electron chi connectivity index (χ1n) is 6.31. The lowest BCUT2D eigenvalue weighted by atomic mass is 10.1. The average Bonchev–Trinajstić information content (AvgIpc) is 2.38. The Morgan fingerprint density at radius 1 is 1.24 bits per heavy atom. The van der Waals surface area contributed by atoms with Crippen LogP contribution >= 0.6 is 0 Å². The van der Waals surface area contributed by atoms with Crippen LogP contribution in [0.4, 0.5) is 5.69 Å². The second-order valence-electron chi connectivity index (χ2n) is 4.25. The SMILES string of the molecule is CCCCCC(CO)Nc1ccc(OC)cc1. The van der Waals surface area contributed by atoms with E-state index < -0.39 is 0 Å². The zero-order valence-corrected chi connectivity index (χ0v) is 10.8. The van der Waals surface area contributed by atoms with Crippen LogP contribution < -0.4 is 10.1 Å². The second kappa shape index (κ2) is 7.96. The van der Waals surface area contributed by atoms with Crippen molar-refractivity contribution in [2.45, 2.75) is 38.6 Å². The summed E-state index contributed by atoms with van der Waals surface area (Å²) in [5.41, 5.74) is 1.03. The normalized spacial score (nSPS) is 12.2. The number of hydrogen-bond donors (Lipinski definition) is 2. The van der Waals surface area contributed by atoms with Gasteiger partial charge in [-0.1, -0.05) is 26.2 Å². The van der Waals surface area contributed by atoms with Crippen LogP contribution in [-0.2, 0) is 0 Å². The fraction of sp³-hybridized carbons (Fsp3) is 0.571. The number of methoxy groups -OCH3 is 1. The molecule has 0 saturated heterocycles. The number of aliphatic hydroxyl groups excluding tert-OH is 1. The molecule has 1 aromatic rings. The molecular formula is C14H23NO2. The minimum atomic E-state index is 0.148. The van der Waals surface area contributed by atoms with Crippen molar-refractivity contribution in [2.24, 2.45) is 0 Å². The standard InChI is InChI=1S/C14H23NO2/c1-3-4-5-6-13(11-16)15-12-7-9-14(17-2)10-8-12/h7-10,13,15-16H,3-6,11H2,1-2H3. The van der Waals surface area contributed by atoms with Crippen LogP contribution in [0.3, 0.4) is 0 Å². The van der Waals surface area contributed by atoms with Gasteiger partial charge in [0.1, 0.15) is 5.75 Å². The van der Waals surface area contributed by atoms with Crippen LogP contribution in [0.5, 0.6) is 5.75 Å². The molecule has 0 spiro atoms. The highest BCUT2D eigenvalue weighted by Gasteiger charge is 2.06. The van der Waals surface area contributed by atoms with E-state index in [0.29, 0.717) is 0 Å². The van der Waals surface area contributed by atoms with Gasteiger partial charge < -0.3 is 15.2 Å². The van der Waals surface area contributed by atoms with Crippen molar-refractivity contribution < 1.29 is 9.84 Å². The Morgan fingerprint density at radius 3 is 2.47 bits per heavy atom. The Morgan fingerprint density at radius 2 is 1.94 bits per heavy atom. The highest BCUT2D eigenvalue weighted by Crippen LogP contribution is 2.17. The van der Waals surface area contributed by atoms with Gasteiger partial charge in [0, 0.05) is 11.7 Å². The van der Waals surface area contributed by atoms with Gasteiger partial charge in [-0.05, 0) is 30.7 Å². The van der Waals surface area contributed by atoms with Gasteiger partial charge in [-0.3, -0.25) is 0 Å². The molecule has 17 heavy (non-hydrogen) atoms. The van der Waals surface area contributed by atoms with E-state index in [2.05, 4.69) is 12.2 Å². The first kappa shape index (κ1) is 13.8. The van der Waals surface area contributed by atoms with E-state index in [1.54, 1.807) is 7.11 Å². The summed E-state index contributed by atoms with van der Waals surface area (Å²) in [4.78, 5) is 0. The van der Waals surface area contributed by atoms with Crippen LogP contribution in [0.2, 0.25) is 0 Å². The number of hydrogen-bond acceptors (Lipinski definition) is 3.